The number of likely N-dealkylation sites (tertiary alicyclic amines) is 1. The van der Waals surface area contributed by atoms with Crippen molar-refractivity contribution < 1.29 is 9.59 Å². The number of carbonyl (C=O) groups excluding carboxylic acids is 2. The van der Waals surface area contributed by atoms with Crippen LogP contribution in [0.1, 0.15) is 49.9 Å². The molecule has 1 aromatic rings. The number of rotatable bonds is 6. The second-order valence-electron chi connectivity index (χ2n) is 6.63. The van der Waals surface area contributed by atoms with Crippen molar-refractivity contribution in [2.75, 3.05) is 19.6 Å². The van der Waals surface area contributed by atoms with Gasteiger partial charge in [-0.2, -0.15) is 0 Å². The van der Waals surface area contributed by atoms with Gasteiger partial charge in [-0.1, -0.05) is 25.4 Å². The average molecular weight is 387 g/mol. The maximum atomic E-state index is 12.8. The summed E-state index contributed by atoms with van der Waals surface area (Å²) in [6.07, 6.45) is 2.92. The fraction of sp³-hybridized carbons (Fsp3) is 0.579. The van der Waals surface area contributed by atoms with Crippen molar-refractivity contribution in [3.63, 3.8) is 0 Å². The Morgan fingerprint density at radius 1 is 1.16 bits per heavy atom. The number of nitrogens with zero attached hydrogens (tertiary/aromatic N) is 1. The minimum Gasteiger partial charge on any atom is -0.342 e. The van der Waals surface area contributed by atoms with Crippen molar-refractivity contribution in [3.05, 3.63) is 34.9 Å². The van der Waals surface area contributed by atoms with Crippen LogP contribution in [0.25, 0.3) is 0 Å². The number of hydrogen-bond donors (Lipinski definition) is 1. The van der Waals surface area contributed by atoms with E-state index in [0.717, 1.165) is 12.8 Å². The normalized spacial score (nSPS) is 15.6. The molecule has 0 unspecified atom stereocenters. The Morgan fingerprint density at radius 2 is 1.68 bits per heavy atom. The summed E-state index contributed by atoms with van der Waals surface area (Å²) in [5, 5.41) is 0.629. The number of piperidine rings is 1. The number of benzene rings is 1. The minimum absolute atomic E-state index is 0. The van der Waals surface area contributed by atoms with E-state index in [-0.39, 0.29) is 30.0 Å². The standard InChI is InChI=1S/C19H27ClN2O2.ClH/c1-3-19(4-2,13-21)18(24)22-11-9-15(10-12-22)17(23)14-5-7-16(20)8-6-14;/h5-8,15H,3-4,9-13,21H2,1-2H3;1H. The molecule has 0 spiro atoms. The van der Waals surface area contributed by atoms with E-state index in [4.69, 9.17) is 17.3 Å². The van der Waals surface area contributed by atoms with Crippen molar-refractivity contribution in [3.8, 4) is 0 Å². The molecular formula is C19H28Cl2N2O2. The summed E-state index contributed by atoms with van der Waals surface area (Å²) < 4.78 is 0. The van der Waals surface area contributed by atoms with Crippen molar-refractivity contribution in [1.82, 2.24) is 4.90 Å². The zero-order valence-corrected chi connectivity index (χ0v) is 16.5. The molecule has 0 aromatic heterocycles. The first-order valence-electron chi connectivity index (χ1n) is 8.76. The lowest BCUT2D eigenvalue weighted by molar-refractivity contribution is -0.143. The van der Waals surface area contributed by atoms with Gasteiger partial charge in [0.05, 0.1) is 5.41 Å². The van der Waals surface area contributed by atoms with Crippen LogP contribution < -0.4 is 5.73 Å². The van der Waals surface area contributed by atoms with Gasteiger partial charge in [-0.25, -0.2) is 0 Å². The fourth-order valence-electron chi connectivity index (χ4n) is 3.46. The number of ketones is 1. The van der Waals surface area contributed by atoms with Gasteiger partial charge < -0.3 is 10.6 Å². The zero-order chi connectivity index (χ0) is 17.7. The molecule has 0 atom stereocenters. The Bertz CT molecular complexity index is 569. The predicted molar refractivity (Wildman–Crippen MR) is 104 cm³/mol. The SMILES string of the molecule is CCC(CC)(CN)C(=O)N1CCC(C(=O)c2ccc(Cl)cc2)CC1.Cl. The van der Waals surface area contributed by atoms with Crippen LogP contribution in [0.3, 0.4) is 0 Å². The molecular weight excluding hydrogens is 359 g/mol. The van der Waals surface area contributed by atoms with Crippen molar-refractivity contribution in [2.45, 2.75) is 39.5 Å². The van der Waals surface area contributed by atoms with Gasteiger partial charge >= 0.3 is 0 Å². The second kappa shape index (κ2) is 9.56. The summed E-state index contributed by atoms with van der Waals surface area (Å²) in [5.74, 6) is 0.271. The molecule has 1 aliphatic rings. The average Bonchev–Trinajstić information content (AvgIpc) is 2.63. The highest BCUT2D eigenvalue weighted by Gasteiger charge is 2.38. The third-order valence-electron chi connectivity index (χ3n) is 5.48. The van der Waals surface area contributed by atoms with E-state index in [9.17, 15) is 9.59 Å². The summed E-state index contributed by atoms with van der Waals surface area (Å²) in [7, 11) is 0. The number of Topliss-reactive ketones (excluding diaryl/α,β-unsaturated/α-hetero) is 1. The van der Waals surface area contributed by atoms with E-state index < -0.39 is 5.41 Å². The smallest absolute Gasteiger partial charge is 0.230 e. The highest BCUT2D eigenvalue weighted by atomic mass is 35.5. The summed E-state index contributed by atoms with van der Waals surface area (Å²) in [5.41, 5.74) is 6.13. The highest BCUT2D eigenvalue weighted by Crippen LogP contribution is 2.31. The van der Waals surface area contributed by atoms with Crippen LogP contribution in [0, 0.1) is 11.3 Å². The van der Waals surface area contributed by atoms with Crippen LogP contribution in [0.5, 0.6) is 0 Å². The van der Waals surface area contributed by atoms with Crippen LogP contribution in [0.4, 0.5) is 0 Å². The number of hydrogen-bond acceptors (Lipinski definition) is 3. The number of halogens is 2. The van der Waals surface area contributed by atoms with Gasteiger partial charge in [0.15, 0.2) is 5.78 Å². The van der Waals surface area contributed by atoms with Gasteiger partial charge in [-0.15, -0.1) is 12.4 Å². The molecule has 1 aromatic carbocycles. The third-order valence-corrected chi connectivity index (χ3v) is 5.73. The number of nitrogens with two attached hydrogens (primary N) is 1. The van der Waals surface area contributed by atoms with E-state index >= 15 is 0 Å². The monoisotopic (exact) mass is 386 g/mol. The van der Waals surface area contributed by atoms with Crippen LogP contribution in [-0.2, 0) is 4.79 Å². The molecule has 4 nitrogen and oxygen atoms in total. The van der Waals surface area contributed by atoms with E-state index in [0.29, 0.717) is 43.1 Å². The Kier molecular flexibility index (Phi) is 8.39. The molecule has 2 rings (SSSR count). The van der Waals surface area contributed by atoms with Gasteiger partial charge in [0, 0.05) is 36.1 Å². The van der Waals surface area contributed by atoms with E-state index in [1.54, 1.807) is 24.3 Å². The third kappa shape index (κ3) is 4.75. The summed E-state index contributed by atoms with van der Waals surface area (Å²) in [6, 6.07) is 7.03. The highest BCUT2D eigenvalue weighted by molar-refractivity contribution is 6.30. The molecule has 0 radical (unpaired) electrons. The Hall–Kier alpha value is -1.10. The Balaban J connectivity index is 0.00000312. The second-order valence-corrected chi connectivity index (χ2v) is 7.07. The first-order valence-corrected chi connectivity index (χ1v) is 9.14. The van der Waals surface area contributed by atoms with Crippen LogP contribution in [0.15, 0.2) is 24.3 Å². The number of carbonyl (C=O) groups is 2. The van der Waals surface area contributed by atoms with Gasteiger partial charge in [-0.3, -0.25) is 9.59 Å². The van der Waals surface area contributed by atoms with E-state index in [2.05, 4.69) is 0 Å². The lowest BCUT2D eigenvalue weighted by atomic mass is 9.80. The molecule has 140 valence electrons. The Morgan fingerprint density at radius 3 is 2.12 bits per heavy atom. The molecule has 0 bridgehead atoms. The van der Waals surface area contributed by atoms with Gasteiger partial charge in [0.1, 0.15) is 0 Å². The number of amides is 1. The van der Waals surface area contributed by atoms with Gasteiger partial charge in [-0.05, 0) is 49.9 Å². The van der Waals surface area contributed by atoms with Gasteiger partial charge in [0.25, 0.3) is 0 Å². The largest absolute Gasteiger partial charge is 0.342 e. The van der Waals surface area contributed by atoms with E-state index in [1.165, 1.54) is 0 Å². The molecule has 1 aliphatic heterocycles. The maximum Gasteiger partial charge on any atom is 0.230 e. The predicted octanol–water partition coefficient (Wildman–Crippen LogP) is 3.95. The van der Waals surface area contributed by atoms with Crippen molar-refractivity contribution >= 4 is 35.7 Å². The molecule has 1 fully saturated rings. The summed E-state index contributed by atoms with van der Waals surface area (Å²) in [6.45, 7) is 5.67. The molecule has 1 amide bonds. The molecule has 2 N–H and O–H groups in total. The van der Waals surface area contributed by atoms with Crippen LogP contribution in [-0.4, -0.2) is 36.2 Å². The molecule has 25 heavy (non-hydrogen) atoms. The molecule has 0 aliphatic carbocycles. The fourth-order valence-corrected chi connectivity index (χ4v) is 3.58. The topological polar surface area (TPSA) is 63.4 Å². The van der Waals surface area contributed by atoms with E-state index in [1.807, 2.05) is 18.7 Å². The zero-order valence-electron chi connectivity index (χ0n) is 15.0. The lowest BCUT2D eigenvalue weighted by Gasteiger charge is -2.38. The quantitative estimate of drug-likeness (QED) is 0.752. The molecule has 0 saturated carbocycles. The first-order chi connectivity index (χ1) is 11.5. The maximum absolute atomic E-state index is 12.8. The minimum atomic E-state index is -0.451. The molecule has 1 saturated heterocycles. The lowest BCUT2D eigenvalue weighted by Crippen LogP contribution is -2.50. The van der Waals surface area contributed by atoms with Crippen molar-refractivity contribution in [2.24, 2.45) is 17.1 Å². The Labute approximate surface area is 161 Å². The molecule has 1 heterocycles. The summed E-state index contributed by atoms with van der Waals surface area (Å²) in [4.78, 5) is 27.3. The first kappa shape index (κ1) is 21.9. The van der Waals surface area contributed by atoms with Crippen LogP contribution in [0.2, 0.25) is 5.02 Å². The summed E-state index contributed by atoms with van der Waals surface area (Å²) >= 11 is 5.87. The molecule has 6 heteroatoms. The van der Waals surface area contributed by atoms with Crippen molar-refractivity contribution in [1.29, 1.82) is 0 Å². The van der Waals surface area contributed by atoms with Crippen LogP contribution >= 0.6 is 24.0 Å². The van der Waals surface area contributed by atoms with Gasteiger partial charge in [0.2, 0.25) is 5.91 Å².